The monoisotopic (exact) mass is 490 g/mol. The van der Waals surface area contributed by atoms with Crippen LogP contribution >= 0.6 is 11.3 Å². The Bertz CT molecular complexity index is 1330. The number of methoxy groups -OCH3 is 1. The van der Waals surface area contributed by atoms with Crippen molar-refractivity contribution >= 4 is 17.2 Å². The van der Waals surface area contributed by atoms with Gasteiger partial charge in [0, 0.05) is 32.3 Å². The maximum atomic E-state index is 14.0. The molecule has 0 unspecified atom stereocenters. The molecule has 1 saturated heterocycles. The third kappa shape index (κ3) is 3.97. The number of aromatic hydroxyl groups is 1. The third-order valence-corrected chi connectivity index (χ3v) is 6.82. The first-order chi connectivity index (χ1) is 16.4. The molecule has 1 aromatic carbocycles. The predicted octanol–water partition coefficient (Wildman–Crippen LogP) is 2.16. The molecule has 0 aliphatic carbocycles. The minimum atomic E-state index is -0.746. The molecule has 2 aliphatic heterocycles. The molecule has 3 aromatic rings. The van der Waals surface area contributed by atoms with Gasteiger partial charge in [-0.3, -0.25) is 9.59 Å². The fraction of sp³-hybridized carbons (Fsp3) is 0.364. The first-order valence-corrected chi connectivity index (χ1v) is 11.4. The largest absolute Gasteiger partial charge is 0.503 e. The van der Waals surface area contributed by atoms with Crippen LogP contribution in [0.3, 0.4) is 0 Å². The van der Waals surface area contributed by atoms with E-state index in [9.17, 15) is 23.5 Å². The summed E-state index contributed by atoms with van der Waals surface area (Å²) in [6, 6.07) is 3.26. The lowest BCUT2D eigenvalue weighted by molar-refractivity contribution is -0.149. The van der Waals surface area contributed by atoms with E-state index in [2.05, 4.69) is 10.2 Å². The molecule has 0 spiro atoms. The number of aromatic nitrogens is 3. The van der Waals surface area contributed by atoms with E-state index >= 15 is 0 Å². The van der Waals surface area contributed by atoms with Crippen molar-refractivity contribution in [2.24, 2.45) is 0 Å². The van der Waals surface area contributed by atoms with Crippen molar-refractivity contribution in [2.45, 2.75) is 31.7 Å². The minimum absolute atomic E-state index is 0.0618. The number of carbonyl (C=O) groups is 1. The van der Waals surface area contributed by atoms with Gasteiger partial charge in [0.25, 0.3) is 5.91 Å². The van der Waals surface area contributed by atoms with Crippen LogP contribution in [0, 0.1) is 11.6 Å². The second-order valence-electron chi connectivity index (χ2n) is 8.09. The Balaban J connectivity index is 1.46. The molecule has 0 radical (unpaired) electrons. The van der Waals surface area contributed by atoms with Crippen LogP contribution in [-0.4, -0.2) is 63.3 Å². The van der Waals surface area contributed by atoms with Crippen molar-refractivity contribution in [1.82, 2.24) is 19.7 Å². The zero-order chi connectivity index (χ0) is 24.0. The average Bonchev–Trinajstić information content (AvgIpc) is 3.26. The first kappa shape index (κ1) is 22.6. The fourth-order valence-electron chi connectivity index (χ4n) is 4.21. The van der Waals surface area contributed by atoms with Gasteiger partial charge in [-0.05, 0) is 18.1 Å². The summed E-state index contributed by atoms with van der Waals surface area (Å²) in [6.07, 6.45) is 1.38. The highest BCUT2D eigenvalue weighted by atomic mass is 32.1. The highest BCUT2D eigenvalue weighted by Crippen LogP contribution is 2.31. The lowest BCUT2D eigenvalue weighted by Crippen LogP contribution is -2.55. The minimum Gasteiger partial charge on any atom is -0.503 e. The Labute approximate surface area is 196 Å². The number of fused-ring (bicyclic) bond motifs is 2. The number of halogens is 2. The van der Waals surface area contributed by atoms with E-state index in [-0.39, 0.29) is 40.9 Å². The van der Waals surface area contributed by atoms with Gasteiger partial charge in [0.05, 0.1) is 24.8 Å². The number of rotatable bonds is 5. The predicted molar refractivity (Wildman–Crippen MR) is 117 cm³/mol. The summed E-state index contributed by atoms with van der Waals surface area (Å²) in [5, 5.41) is 19.3. The van der Waals surface area contributed by atoms with Crippen LogP contribution in [0.25, 0.3) is 10.6 Å². The number of hydrogen-bond acceptors (Lipinski definition) is 8. The third-order valence-electron chi connectivity index (χ3n) is 5.87. The molecule has 34 heavy (non-hydrogen) atoms. The second kappa shape index (κ2) is 8.85. The lowest BCUT2D eigenvalue weighted by atomic mass is 10.1. The molecule has 2 aliphatic rings. The summed E-state index contributed by atoms with van der Waals surface area (Å²) < 4.78 is 39.8. The van der Waals surface area contributed by atoms with Crippen molar-refractivity contribution < 1.29 is 28.2 Å². The second-order valence-corrected chi connectivity index (χ2v) is 9.15. The van der Waals surface area contributed by atoms with E-state index in [0.29, 0.717) is 24.6 Å². The summed E-state index contributed by atoms with van der Waals surface area (Å²) in [5.41, 5.74) is -0.546. The fourth-order valence-corrected chi connectivity index (χ4v) is 5.08. The summed E-state index contributed by atoms with van der Waals surface area (Å²) >= 11 is 1.05. The van der Waals surface area contributed by atoms with Gasteiger partial charge in [-0.25, -0.2) is 8.78 Å². The van der Waals surface area contributed by atoms with Crippen molar-refractivity contribution in [2.75, 3.05) is 20.3 Å². The van der Waals surface area contributed by atoms with Crippen LogP contribution in [0.1, 0.15) is 27.5 Å². The highest BCUT2D eigenvalue weighted by Gasteiger charge is 2.40. The molecule has 5 rings (SSSR count). The number of carbonyl (C=O) groups excluding carboxylic acids is 1. The summed E-state index contributed by atoms with van der Waals surface area (Å²) in [4.78, 5) is 27.4. The van der Waals surface area contributed by atoms with E-state index in [0.717, 1.165) is 23.5 Å². The van der Waals surface area contributed by atoms with E-state index < -0.39 is 34.9 Å². The zero-order valence-electron chi connectivity index (χ0n) is 18.0. The molecule has 1 amide bonds. The topological polar surface area (TPSA) is 107 Å². The number of amides is 1. The van der Waals surface area contributed by atoms with Gasteiger partial charge in [-0.1, -0.05) is 17.4 Å². The van der Waals surface area contributed by atoms with E-state index in [1.807, 2.05) is 0 Å². The van der Waals surface area contributed by atoms with Gasteiger partial charge in [-0.15, -0.1) is 10.2 Å². The van der Waals surface area contributed by atoms with Gasteiger partial charge in [-0.2, -0.15) is 0 Å². The van der Waals surface area contributed by atoms with E-state index in [1.165, 1.54) is 21.7 Å². The van der Waals surface area contributed by atoms with Gasteiger partial charge < -0.3 is 24.0 Å². The van der Waals surface area contributed by atoms with Crippen LogP contribution in [0.4, 0.5) is 8.78 Å². The number of benzene rings is 1. The summed E-state index contributed by atoms with van der Waals surface area (Å²) in [5.74, 6) is -2.54. The van der Waals surface area contributed by atoms with Crippen LogP contribution in [0.5, 0.6) is 5.75 Å². The van der Waals surface area contributed by atoms with Crippen molar-refractivity contribution in [3.8, 4) is 16.3 Å². The Kier molecular flexibility index (Phi) is 5.88. The Morgan fingerprint density at radius 2 is 2.12 bits per heavy atom. The molecule has 1 fully saturated rings. The number of nitrogens with zero attached hydrogens (tertiary/aromatic N) is 4. The number of ether oxygens (including phenoxy) is 2. The molecule has 178 valence electrons. The Morgan fingerprint density at radius 1 is 1.29 bits per heavy atom. The van der Waals surface area contributed by atoms with E-state index in [4.69, 9.17) is 9.47 Å². The summed E-state index contributed by atoms with van der Waals surface area (Å²) in [6.45, 7) is 1.04. The molecule has 2 atom stereocenters. The van der Waals surface area contributed by atoms with Gasteiger partial charge in [0.15, 0.2) is 22.7 Å². The Morgan fingerprint density at radius 3 is 2.88 bits per heavy atom. The molecule has 1 N–H and O–H groups in total. The molecule has 2 aromatic heterocycles. The highest BCUT2D eigenvalue weighted by molar-refractivity contribution is 7.14. The molecular weight excluding hydrogens is 470 g/mol. The smallest absolute Gasteiger partial charge is 0.276 e. The molecule has 12 heteroatoms. The SMILES string of the molecule is COC[C@@H]1CCN2C(=O)c3c(O)c(=O)c(-c4nnc(Cc5ccc(F)cc5F)s4)cn3C[C@@H]2O1. The molecule has 4 heterocycles. The molecule has 0 bridgehead atoms. The van der Waals surface area contributed by atoms with Crippen molar-refractivity contribution in [3.63, 3.8) is 0 Å². The maximum Gasteiger partial charge on any atom is 0.276 e. The van der Waals surface area contributed by atoms with Gasteiger partial charge in [0.2, 0.25) is 5.43 Å². The molecular formula is C22H20F2N4O5S. The van der Waals surface area contributed by atoms with Crippen molar-refractivity contribution in [3.05, 3.63) is 62.5 Å². The maximum absolute atomic E-state index is 14.0. The quantitative estimate of drug-likeness (QED) is 0.584. The first-order valence-electron chi connectivity index (χ1n) is 10.5. The van der Waals surface area contributed by atoms with Crippen LogP contribution in [-0.2, 0) is 22.4 Å². The van der Waals surface area contributed by atoms with Crippen LogP contribution in [0.2, 0.25) is 0 Å². The van der Waals surface area contributed by atoms with E-state index in [1.54, 1.807) is 7.11 Å². The normalized spacial score (nSPS) is 19.7. The Hall–Kier alpha value is -3.22. The van der Waals surface area contributed by atoms with Crippen molar-refractivity contribution in [1.29, 1.82) is 0 Å². The number of pyridine rings is 1. The lowest BCUT2D eigenvalue weighted by Gasteiger charge is -2.43. The van der Waals surface area contributed by atoms with Crippen LogP contribution in [0.15, 0.2) is 29.2 Å². The summed E-state index contributed by atoms with van der Waals surface area (Å²) in [7, 11) is 1.58. The zero-order valence-corrected chi connectivity index (χ0v) is 18.8. The molecule has 0 saturated carbocycles. The molecule has 9 nitrogen and oxygen atoms in total. The number of hydrogen-bond donors (Lipinski definition) is 1. The standard InChI is InChI=1S/C22H20F2N4O5S/c1-32-10-13-4-5-28-17(33-13)9-27-8-14(19(29)20(30)18(27)22(28)31)21-26-25-16(34-21)6-11-2-3-12(23)7-15(11)24/h2-3,7-8,13,17,30H,4-6,9-10H2,1H3/t13-,17-/m0/s1. The van der Waals surface area contributed by atoms with Gasteiger partial charge >= 0.3 is 0 Å². The van der Waals surface area contributed by atoms with Gasteiger partial charge in [0.1, 0.15) is 16.6 Å². The average molecular weight is 490 g/mol. The van der Waals surface area contributed by atoms with Crippen LogP contribution < -0.4 is 5.43 Å².